The highest BCUT2D eigenvalue weighted by Crippen LogP contribution is 2.24. The van der Waals surface area contributed by atoms with Crippen LogP contribution in [0.3, 0.4) is 0 Å². The molecule has 1 aromatic heterocycles. The first-order valence-electron chi connectivity index (χ1n) is 11.1. The van der Waals surface area contributed by atoms with Gasteiger partial charge in [-0.05, 0) is 73.9 Å². The molecule has 0 saturated heterocycles. The lowest BCUT2D eigenvalue weighted by atomic mass is 10.1. The van der Waals surface area contributed by atoms with Crippen molar-refractivity contribution < 1.29 is 14.4 Å². The van der Waals surface area contributed by atoms with Crippen molar-refractivity contribution in [3.8, 4) is 0 Å². The quantitative estimate of drug-likeness (QED) is 0.341. The van der Waals surface area contributed by atoms with Gasteiger partial charge in [0.15, 0.2) is 0 Å². The standard InChI is InChI=1S/C27H25ClN4O3/c1-16-9-11-22(13-17(16)2)30-25(33)24-15-20-14-21(28)10-12-23(20)32(24)31-27(35)26(34)29-18(3)19-7-5-4-6-8-19/h4-15,18H,1-3H3,(H,29,34)(H,30,33)(H,31,35)/t18-/m1/s1. The molecule has 178 valence electrons. The molecule has 0 saturated carbocycles. The number of aryl methyl sites for hydroxylation is 2. The summed E-state index contributed by atoms with van der Waals surface area (Å²) in [6.07, 6.45) is 0. The van der Waals surface area contributed by atoms with Crippen molar-refractivity contribution in [1.82, 2.24) is 9.99 Å². The molecule has 0 aliphatic heterocycles. The van der Waals surface area contributed by atoms with Crippen molar-refractivity contribution in [1.29, 1.82) is 0 Å². The van der Waals surface area contributed by atoms with Gasteiger partial charge in [-0.2, -0.15) is 0 Å². The van der Waals surface area contributed by atoms with E-state index in [0.717, 1.165) is 16.7 Å². The number of anilines is 1. The fraction of sp³-hybridized carbons (Fsp3) is 0.148. The summed E-state index contributed by atoms with van der Waals surface area (Å²) >= 11 is 6.13. The van der Waals surface area contributed by atoms with Crippen molar-refractivity contribution in [3.05, 3.63) is 100 Å². The molecule has 3 N–H and O–H groups in total. The Kier molecular flexibility index (Phi) is 6.89. The third-order valence-corrected chi connectivity index (χ3v) is 6.06. The van der Waals surface area contributed by atoms with Crippen LogP contribution in [0.25, 0.3) is 10.9 Å². The third-order valence-electron chi connectivity index (χ3n) is 5.83. The summed E-state index contributed by atoms with van der Waals surface area (Å²) in [6.45, 7) is 5.73. The van der Waals surface area contributed by atoms with Crippen LogP contribution in [0.2, 0.25) is 5.02 Å². The number of benzene rings is 3. The van der Waals surface area contributed by atoms with Gasteiger partial charge in [0.25, 0.3) is 5.91 Å². The molecule has 0 unspecified atom stereocenters. The Morgan fingerprint density at radius 2 is 1.60 bits per heavy atom. The minimum Gasteiger partial charge on any atom is -0.341 e. The number of nitrogens with one attached hydrogen (secondary N) is 3. The van der Waals surface area contributed by atoms with Gasteiger partial charge >= 0.3 is 11.8 Å². The Morgan fingerprint density at radius 1 is 0.857 bits per heavy atom. The minimum absolute atomic E-state index is 0.151. The van der Waals surface area contributed by atoms with Crippen molar-refractivity contribution in [3.63, 3.8) is 0 Å². The number of amides is 3. The van der Waals surface area contributed by atoms with Crippen molar-refractivity contribution in [2.24, 2.45) is 0 Å². The number of carbonyl (C=O) groups is 3. The van der Waals surface area contributed by atoms with Crippen molar-refractivity contribution in [2.75, 3.05) is 10.7 Å². The van der Waals surface area contributed by atoms with E-state index in [0.29, 0.717) is 21.6 Å². The molecule has 0 fully saturated rings. The first-order valence-corrected chi connectivity index (χ1v) is 11.5. The van der Waals surface area contributed by atoms with Gasteiger partial charge in [0.2, 0.25) is 0 Å². The van der Waals surface area contributed by atoms with E-state index < -0.39 is 17.7 Å². The molecule has 3 amide bonds. The van der Waals surface area contributed by atoms with E-state index in [2.05, 4.69) is 16.1 Å². The molecule has 1 atom stereocenters. The highest BCUT2D eigenvalue weighted by Gasteiger charge is 2.22. The van der Waals surface area contributed by atoms with Crippen LogP contribution in [0.5, 0.6) is 0 Å². The first-order chi connectivity index (χ1) is 16.7. The number of halogens is 1. The summed E-state index contributed by atoms with van der Waals surface area (Å²) in [5.41, 5.74) is 6.86. The highest BCUT2D eigenvalue weighted by atomic mass is 35.5. The average molecular weight is 489 g/mol. The Morgan fingerprint density at radius 3 is 2.31 bits per heavy atom. The monoisotopic (exact) mass is 488 g/mol. The van der Waals surface area contributed by atoms with Gasteiger partial charge in [-0.1, -0.05) is 48.0 Å². The van der Waals surface area contributed by atoms with E-state index in [1.165, 1.54) is 4.68 Å². The number of hydrogen-bond acceptors (Lipinski definition) is 3. The number of carbonyl (C=O) groups excluding carboxylic acids is 3. The summed E-state index contributed by atoms with van der Waals surface area (Å²) in [6, 6.07) is 21.2. The van der Waals surface area contributed by atoms with E-state index in [1.54, 1.807) is 37.3 Å². The second-order valence-corrected chi connectivity index (χ2v) is 8.80. The molecule has 0 spiro atoms. The molecule has 35 heavy (non-hydrogen) atoms. The minimum atomic E-state index is -0.902. The lowest BCUT2D eigenvalue weighted by Crippen LogP contribution is -2.40. The lowest BCUT2D eigenvalue weighted by molar-refractivity contribution is -0.137. The van der Waals surface area contributed by atoms with Gasteiger partial charge in [0, 0.05) is 16.1 Å². The topological polar surface area (TPSA) is 92.2 Å². The maximum Gasteiger partial charge on any atom is 0.328 e. The van der Waals surface area contributed by atoms with Crippen LogP contribution in [0.1, 0.15) is 40.1 Å². The molecule has 8 heteroatoms. The summed E-state index contributed by atoms with van der Waals surface area (Å²) in [5, 5.41) is 6.66. The van der Waals surface area contributed by atoms with Crippen molar-refractivity contribution in [2.45, 2.75) is 26.8 Å². The Balaban J connectivity index is 1.60. The lowest BCUT2D eigenvalue weighted by Gasteiger charge is -2.16. The zero-order chi connectivity index (χ0) is 25.1. The maximum absolute atomic E-state index is 13.2. The molecule has 0 aliphatic carbocycles. The second kappa shape index (κ2) is 10.0. The second-order valence-electron chi connectivity index (χ2n) is 8.37. The normalized spacial score (nSPS) is 11.7. The number of nitrogens with zero attached hydrogens (tertiary/aromatic N) is 1. The molecule has 3 aromatic carbocycles. The summed E-state index contributed by atoms with van der Waals surface area (Å²) in [5.74, 6) is -2.17. The largest absolute Gasteiger partial charge is 0.341 e. The molecular weight excluding hydrogens is 464 g/mol. The van der Waals surface area contributed by atoms with E-state index in [4.69, 9.17) is 11.6 Å². The fourth-order valence-corrected chi connectivity index (χ4v) is 3.91. The van der Waals surface area contributed by atoms with Crippen LogP contribution in [-0.4, -0.2) is 22.4 Å². The smallest absolute Gasteiger partial charge is 0.328 e. The van der Waals surface area contributed by atoms with Gasteiger partial charge in [-0.15, -0.1) is 0 Å². The third kappa shape index (κ3) is 5.36. The van der Waals surface area contributed by atoms with Gasteiger partial charge < -0.3 is 10.6 Å². The van der Waals surface area contributed by atoms with Crippen LogP contribution >= 0.6 is 11.6 Å². The van der Waals surface area contributed by atoms with Crippen LogP contribution < -0.4 is 16.1 Å². The van der Waals surface area contributed by atoms with Gasteiger partial charge in [0.1, 0.15) is 5.69 Å². The zero-order valence-corrected chi connectivity index (χ0v) is 20.3. The Bertz CT molecular complexity index is 1430. The van der Waals surface area contributed by atoms with E-state index in [-0.39, 0.29) is 11.7 Å². The molecule has 4 aromatic rings. The van der Waals surface area contributed by atoms with Gasteiger partial charge in [0.05, 0.1) is 11.6 Å². The van der Waals surface area contributed by atoms with Crippen LogP contribution in [0.15, 0.2) is 72.8 Å². The van der Waals surface area contributed by atoms with E-state index in [9.17, 15) is 14.4 Å². The first kappa shape index (κ1) is 24.0. The van der Waals surface area contributed by atoms with Crippen LogP contribution in [0.4, 0.5) is 5.69 Å². The molecule has 0 radical (unpaired) electrons. The molecule has 0 bridgehead atoms. The summed E-state index contributed by atoms with van der Waals surface area (Å²) in [4.78, 5) is 38.6. The zero-order valence-electron chi connectivity index (χ0n) is 19.6. The van der Waals surface area contributed by atoms with E-state index >= 15 is 0 Å². The number of hydrogen-bond donors (Lipinski definition) is 3. The average Bonchev–Trinajstić information content (AvgIpc) is 3.19. The Labute approximate surface area is 208 Å². The predicted molar refractivity (Wildman–Crippen MR) is 138 cm³/mol. The summed E-state index contributed by atoms with van der Waals surface area (Å²) < 4.78 is 1.30. The maximum atomic E-state index is 13.2. The fourth-order valence-electron chi connectivity index (χ4n) is 3.73. The highest BCUT2D eigenvalue weighted by molar-refractivity contribution is 6.38. The predicted octanol–water partition coefficient (Wildman–Crippen LogP) is 5.11. The van der Waals surface area contributed by atoms with Crippen LogP contribution in [-0.2, 0) is 9.59 Å². The molecule has 1 heterocycles. The molecule has 0 aliphatic rings. The summed E-state index contributed by atoms with van der Waals surface area (Å²) in [7, 11) is 0. The number of fused-ring (bicyclic) bond motifs is 1. The van der Waals surface area contributed by atoms with Gasteiger partial charge in [-0.3, -0.25) is 19.8 Å². The molecule has 4 rings (SSSR count). The van der Waals surface area contributed by atoms with Gasteiger partial charge in [-0.25, -0.2) is 4.68 Å². The Hall–Kier alpha value is -4.10. The SMILES string of the molecule is Cc1ccc(NC(=O)c2cc3cc(Cl)ccc3n2NC(=O)C(=O)N[C@H](C)c2ccccc2)cc1C. The number of rotatable bonds is 5. The van der Waals surface area contributed by atoms with Crippen LogP contribution in [0, 0.1) is 13.8 Å². The van der Waals surface area contributed by atoms with Crippen molar-refractivity contribution >= 4 is 45.9 Å². The van der Waals surface area contributed by atoms with E-state index in [1.807, 2.05) is 56.3 Å². The molecule has 7 nitrogen and oxygen atoms in total. The molecular formula is C27H25ClN4O3. The number of aromatic nitrogens is 1.